The number of halogens is 1. The molecule has 1 heterocycles. The quantitative estimate of drug-likeness (QED) is 0.232. The van der Waals surface area contributed by atoms with Crippen LogP contribution in [0, 0.1) is 0 Å². The van der Waals surface area contributed by atoms with Gasteiger partial charge in [0, 0.05) is 0 Å². The van der Waals surface area contributed by atoms with Gasteiger partial charge in [-0.15, -0.1) is 0 Å². The molecule has 0 unspecified atom stereocenters. The van der Waals surface area contributed by atoms with Crippen LogP contribution in [0.1, 0.15) is 20.8 Å². The van der Waals surface area contributed by atoms with Gasteiger partial charge in [-0.3, -0.25) is 0 Å². The summed E-state index contributed by atoms with van der Waals surface area (Å²) in [5, 5.41) is 0.216. The molecule has 0 radical (unpaired) electrons. The lowest BCUT2D eigenvalue weighted by molar-refractivity contribution is -0.135. The molecule has 0 aromatic rings. The van der Waals surface area contributed by atoms with Crippen LogP contribution in [0.2, 0.25) is 18.1 Å². The maximum absolute atomic E-state index is 11.2. The lowest BCUT2D eigenvalue weighted by atomic mass is 10.2. The molecule has 0 amide bonds. The van der Waals surface area contributed by atoms with Crippen LogP contribution in [0.5, 0.6) is 0 Å². The van der Waals surface area contributed by atoms with Crippen molar-refractivity contribution in [2.75, 3.05) is 13.7 Å². The summed E-state index contributed by atoms with van der Waals surface area (Å²) in [5.74, 6) is -0.394. The number of ether oxygens (including phenoxy) is 2. The van der Waals surface area contributed by atoms with E-state index in [1.54, 1.807) is 6.08 Å². The first kappa shape index (κ1) is 18.6. The lowest BCUT2D eigenvalue weighted by Gasteiger charge is -2.35. The average molecular weight is 377 g/mol. The summed E-state index contributed by atoms with van der Waals surface area (Å²) in [6, 6.07) is 0. The van der Waals surface area contributed by atoms with Gasteiger partial charge in [0.25, 0.3) is 0 Å². The zero-order valence-electron chi connectivity index (χ0n) is 13.6. The predicted octanol–water partition coefficient (Wildman–Crippen LogP) is 3.78. The van der Waals surface area contributed by atoms with Gasteiger partial charge in [0.2, 0.25) is 0 Å². The van der Waals surface area contributed by atoms with Crippen LogP contribution < -0.4 is 0 Å². The monoisotopic (exact) mass is 376 g/mol. The Hall–Kier alpha value is -0.433. The molecule has 1 saturated heterocycles. The number of esters is 1. The molecule has 0 aromatic carbocycles. The molecular formula is C15H25BrO4Si. The Morgan fingerprint density at radius 1 is 1.33 bits per heavy atom. The van der Waals surface area contributed by atoms with Crippen molar-refractivity contribution in [3.05, 3.63) is 22.7 Å². The van der Waals surface area contributed by atoms with E-state index in [0.717, 1.165) is 0 Å². The minimum atomic E-state index is -1.69. The minimum absolute atomic E-state index is 0.0187. The Kier molecular flexibility index (Phi) is 6.40. The Morgan fingerprint density at radius 2 is 1.95 bits per heavy atom. The molecule has 0 aromatic heterocycles. The normalized spacial score (nSPS) is 23.5. The van der Waals surface area contributed by atoms with Crippen molar-refractivity contribution in [1.82, 2.24) is 0 Å². The number of rotatable bonds is 6. The van der Waals surface area contributed by atoms with Crippen LogP contribution in [-0.4, -0.2) is 40.2 Å². The highest BCUT2D eigenvalue weighted by Crippen LogP contribution is 2.36. The molecule has 0 N–H and O–H groups in total. The largest absolute Gasteiger partial charge is 0.465 e. The van der Waals surface area contributed by atoms with E-state index in [4.69, 9.17) is 9.16 Å². The number of hydrogen-bond acceptors (Lipinski definition) is 4. The van der Waals surface area contributed by atoms with E-state index in [2.05, 4.69) is 54.5 Å². The second kappa shape index (κ2) is 7.22. The van der Waals surface area contributed by atoms with Gasteiger partial charge in [0.1, 0.15) is 16.7 Å². The summed E-state index contributed by atoms with van der Waals surface area (Å²) in [5.41, 5.74) is 0. The Bertz CT molecular complexity index is 437. The van der Waals surface area contributed by atoms with Crippen LogP contribution in [0.25, 0.3) is 0 Å². The average Bonchev–Trinajstić information content (AvgIpc) is 3.10. The van der Waals surface area contributed by atoms with Crippen molar-refractivity contribution in [3.63, 3.8) is 0 Å². The molecule has 0 bridgehead atoms. The summed E-state index contributed by atoms with van der Waals surface area (Å²) in [6.07, 6.45) is 5.64. The molecule has 1 aliphatic heterocycles. The fraction of sp³-hybridized carbons (Fsp3) is 0.667. The molecule has 0 saturated carbocycles. The zero-order chi connectivity index (χ0) is 16.3. The predicted molar refractivity (Wildman–Crippen MR) is 90.0 cm³/mol. The van der Waals surface area contributed by atoms with E-state index >= 15 is 0 Å². The highest BCUT2D eigenvalue weighted by Gasteiger charge is 2.37. The highest BCUT2D eigenvalue weighted by atomic mass is 79.9. The molecular weight excluding hydrogens is 352 g/mol. The van der Waals surface area contributed by atoms with Gasteiger partial charge >= 0.3 is 5.97 Å². The van der Waals surface area contributed by atoms with Gasteiger partial charge in [-0.1, -0.05) is 32.9 Å². The van der Waals surface area contributed by atoms with Gasteiger partial charge < -0.3 is 13.9 Å². The molecule has 4 nitrogen and oxygen atoms in total. The number of carbonyl (C=O) groups excluding carboxylic acids is 1. The highest BCUT2D eigenvalue weighted by molar-refractivity contribution is 9.12. The van der Waals surface area contributed by atoms with Crippen LogP contribution in [0.3, 0.4) is 0 Å². The van der Waals surface area contributed by atoms with Gasteiger partial charge in [-0.05, 0) is 40.1 Å². The number of hydrogen-bond donors (Lipinski definition) is 0. The van der Waals surface area contributed by atoms with Crippen LogP contribution >= 0.6 is 15.9 Å². The van der Waals surface area contributed by atoms with E-state index in [-0.39, 0.29) is 17.2 Å². The van der Waals surface area contributed by atoms with Crippen molar-refractivity contribution in [1.29, 1.82) is 0 Å². The molecule has 0 aliphatic carbocycles. The number of epoxide rings is 1. The summed E-state index contributed by atoms with van der Waals surface area (Å²) in [4.78, 5) is 11.2. The Labute approximate surface area is 136 Å². The summed E-state index contributed by atoms with van der Waals surface area (Å²) < 4.78 is 16.5. The van der Waals surface area contributed by atoms with Crippen molar-refractivity contribution in [2.45, 2.75) is 51.1 Å². The van der Waals surface area contributed by atoms with Crippen LogP contribution in [0.15, 0.2) is 22.7 Å². The molecule has 120 valence electrons. The summed E-state index contributed by atoms with van der Waals surface area (Å²) in [7, 11) is -0.344. The molecule has 1 rings (SSSR count). The summed E-state index contributed by atoms with van der Waals surface area (Å²) >= 11 is 3.16. The minimum Gasteiger partial charge on any atom is -0.465 e. The fourth-order valence-corrected chi connectivity index (χ4v) is 2.77. The molecule has 1 aliphatic rings. The van der Waals surface area contributed by atoms with E-state index in [9.17, 15) is 4.79 Å². The topological polar surface area (TPSA) is 48.1 Å². The Morgan fingerprint density at radius 3 is 2.48 bits per heavy atom. The number of methoxy groups -OCH3 is 1. The van der Waals surface area contributed by atoms with E-state index in [1.165, 1.54) is 7.11 Å². The molecule has 21 heavy (non-hydrogen) atoms. The first-order valence-corrected chi connectivity index (χ1v) is 10.7. The molecule has 2 atom stereocenters. The standard InChI is InChI=1S/C15H25BrO4Si/c1-15(2,3)21(5,6)19-9-7-8-12-13(20-12)10-11(16)14(17)18-4/h7-8,10,12-13H,9H2,1-6H3/b8-7+,11-10-/t12-,13-/m0/s1. The lowest BCUT2D eigenvalue weighted by Crippen LogP contribution is -2.40. The van der Waals surface area contributed by atoms with E-state index in [0.29, 0.717) is 11.1 Å². The second-order valence-corrected chi connectivity index (χ2v) is 12.2. The van der Waals surface area contributed by atoms with Crippen molar-refractivity contribution >= 4 is 30.2 Å². The maximum atomic E-state index is 11.2. The Balaban J connectivity index is 2.37. The third kappa shape index (κ3) is 5.69. The van der Waals surface area contributed by atoms with Gasteiger partial charge in [0.05, 0.1) is 13.7 Å². The summed E-state index contributed by atoms with van der Waals surface area (Å²) in [6.45, 7) is 11.7. The fourth-order valence-electron chi connectivity index (χ4n) is 1.40. The first-order valence-electron chi connectivity index (χ1n) is 7.00. The van der Waals surface area contributed by atoms with Crippen LogP contribution in [-0.2, 0) is 18.7 Å². The van der Waals surface area contributed by atoms with Crippen molar-refractivity contribution in [3.8, 4) is 0 Å². The van der Waals surface area contributed by atoms with Crippen molar-refractivity contribution < 1.29 is 18.7 Å². The second-order valence-electron chi connectivity index (χ2n) is 6.57. The first-order chi connectivity index (χ1) is 9.58. The number of carbonyl (C=O) groups is 1. The SMILES string of the molecule is COC(=O)/C(Br)=C/[C@@H]1O[C@H]1/C=C/CO[Si](C)(C)C(C)(C)C. The third-order valence-electron chi connectivity index (χ3n) is 3.92. The van der Waals surface area contributed by atoms with Crippen molar-refractivity contribution in [2.24, 2.45) is 0 Å². The molecule has 6 heteroatoms. The van der Waals surface area contributed by atoms with Gasteiger partial charge in [-0.2, -0.15) is 0 Å². The van der Waals surface area contributed by atoms with E-state index < -0.39 is 14.3 Å². The smallest absolute Gasteiger partial charge is 0.344 e. The van der Waals surface area contributed by atoms with E-state index in [1.807, 2.05) is 12.2 Å². The third-order valence-corrected chi connectivity index (χ3v) is 9.01. The molecule has 0 spiro atoms. The van der Waals surface area contributed by atoms with Crippen LogP contribution in [0.4, 0.5) is 0 Å². The van der Waals surface area contributed by atoms with Gasteiger partial charge in [0.15, 0.2) is 8.32 Å². The van der Waals surface area contributed by atoms with Gasteiger partial charge in [-0.25, -0.2) is 4.79 Å². The zero-order valence-corrected chi connectivity index (χ0v) is 16.2. The maximum Gasteiger partial charge on any atom is 0.344 e. The molecule has 1 fully saturated rings.